The first-order chi connectivity index (χ1) is 9.25. The lowest BCUT2D eigenvalue weighted by Gasteiger charge is -2.14. The number of hydrogen-bond acceptors (Lipinski definition) is 2. The Hall–Kier alpha value is -1.86. The number of halogens is 5. The van der Waals surface area contributed by atoms with E-state index in [2.05, 4.69) is 5.32 Å². The molecule has 0 saturated carbocycles. The third kappa shape index (κ3) is 3.58. The Morgan fingerprint density at radius 3 is 1.95 bits per heavy atom. The Balaban J connectivity index is 2.81. The van der Waals surface area contributed by atoms with E-state index in [1.54, 1.807) is 6.92 Å². The molecule has 0 spiro atoms. The van der Waals surface area contributed by atoms with Gasteiger partial charge in [0, 0.05) is 13.0 Å². The summed E-state index contributed by atoms with van der Waals surface area (Å²) in [4.78, 5) is 10.3. The molecule has 1 unspecified atom stereocenters. The van der Waals surface area contributed by atoms with E-state index in [-0.39, 0.29) is 25.3 Å². The first kappa shape index (κ1) is 16.2. The molecule has 112 valence electrons. The molecule has 0 fully saturated rings. The van der Waals surface area contributed by atoms with Gasteiger partial charge in [0.15, 0.2) is 23.3 Å². The molecule has 3 nitrogen and oxygen atoms in total. The summed E-state index contributed by atoms with van der Waals surface area (Å²) in [5.41, 5.74) is -1.11. The highest BCUT2D eigenvalue weighted by molar-refractivity contribution is 5.66. The van der Waals surface area contributed by atoms with E-state index in [0.29, 0.717) is 0 Å². The molecule has 0 aliphatic carbocycles. The lowest BCUT2D eigenvalue weighted by atomic mass is 10.1. The average Bonchev–Trinajstić information content (AvgIpc) is 2.40. The summed E-state index contributed by atoms with van der Waals surface area (Å²) in [6.45, 7) is 1.47. The molecule has 0 radical (unpaired) electrons. The number of carboxylic acid groups (broad SMARTS) is 1. The molecule has 0 amide bonds. The van der Waals surface area contributed by atoms with Crippen LogP contribution in [0.25, 0.3) is 0 Å². The maximum absolute atomic E-state index is 13.3. The molecule has 1 rings (SSSR count). The van der Waals surface area contributed by atoms with Gasteiger partial charge in [0.2, 0.25) is 5.82 Å². The molecule has 0 aromatic heterocycles. The van der Waals surface area contributed by atoms with Crippen LogP contribution in [0.4, 0.5) is 27.6 Å². The maximum Gasteiger partial charge on any atom is 0.303 e. The van der Waals surface area contributed by atoms with E-state index >= 15 is 0 Å². The summed E-state index contributed by atoms with van der Waals surface area (Å²) in [6, 6.07) is 0. The summed E-state index contributed by atoms with van der Waals surface area (Å²) in [5.74, 6) is -11.5. The second-order valence-electron chi connectivity index (χ2n) is 4.36. The van der Waals surface area contributed by atoms with E-state index in [9.17, 15) is 26.7 Å². The Morgan fingerprint density at radius 1 is 1.05 bits per heavy atom. The van der Waals surface area contributed by atoms with Crippen LogP contribution >= 0.6 is 0 Å². The van der Waals surface area contributed by atoms with Crippen molar-refractivity contribution in [2.75, 3.05) is 11.9 Å². The van der Waals surface area contributed by atoms with Gasteiger partial charge in [-0.25, -0.2) is 22.0 Å². The van der Waals surface area contributed by atoms with Crippen molar-refractivity contribution in [1.29, 1.82) is 0 Å². The molecule has 20 heavy (non-hydrogen) atoms. The van der Waals surface area contributed by atoms with Crippen molar-refractivity contribution in [3.05, 3.63) is 29.1 Å². The second kappa shape index (κ2) is 6.53. The smallest absolute Gasteiger partial charge is 0.303 e. The van der Waals surface area contributed by atoms with Crippen LogP contribution in [0.3, 0.4) is 0 Å². The van der Waals surface area contributed by atoms with E-state index in [4.69, 9.17) is 5.11 Å². The number of anilines is 1. The van der Waals surface area contributed by atoms with Gasteiger partial charge < -0.3 is 10.4 Å². The molecular formula is C12H12F5NO2. The molecule has 0 aliphatic heterocycles. The van der Waals surface area contributed by atoms with Crippen LogP contribution in [-0.4, -0.2) is 17.6 Å². The van der Waals surface area contributed by atoms with Crippen LogP contribution < -0.4 is 5.32 Å². The van der Waals surface area contributed by atoms with Gasteiger partial charge in [0.1, 0.15) is 5.69 Å². The van der Waals surface area contributed by atoms with Crippen LogP contribution in [-0.2, 0) is 4.79 Å². The third-order valence-electron chi connectivity index (χ3n) is 2.69. The lowest BCUT2D eigenvalue weighted by Crippen LogP contribution is -2.16. The minimum atomic E-state index is -2.22. The van der Waals surface area contributed by atoms with Crippen LogP contribution in [0.5, 0.6) is 0 Å². The van der Waals surface area contributed by atoms with Crippen LogP contribution in [0.2, 0.25) is 0 Å². The molecule has 1 aromatic carbocycles. The quantitative estimate of drug-likeness (QED) is 0.481. The monoisotopic (exact) mass is 297 g/mol. The number of carboxylic acids is 1. The van der Waals surface area contributed by atoms with Crippen molar-refractivity contribution < 1.29 is 31.9 Å². The summed E-state index contributed by atoms with van der Waals surface area (Å²) in [5, 5.41) is 10.6. The predicted molar refractivity (Wildman–Crippen MR) is 60.8 cm³/mol. The van der Waals surface area contributed by atoms with E-state index in [0.717, 1.165) is 0 Å². The SMILES string of the molecule is CC(CCC(=O)O)CNc1c(F)c(F)c(F)c(F)c1F. The first-order valence-electron chi connectivity index (χ1n) is 5.72. The molecular weight excluding hydrogens is 285 g/mol. The zero-order chi connectivity index (χ0) is 15.4. The zero-order valence-electron chi connectivity index (χ0n) is 10.4. The number of aliphatic carboxylic acids is 1. The number of benzene rings is 1. The van der Waals surface area contributed by atoms with Crippen molar-refractivity contribution in [3.63, 3.8) is 0 Å². The van der Waals surface area contributed by atoms with Crippen LogP contribution in [0.15, 0.2) is 0 Å². The first-order valence-corrected chi connectivity index (χ1v) is 5.72. The van der Waals surface area contributed by atoms with Crippen LogP contribution in [0.1, 0.15) is 19.8 Å². The number of rotatable bonds is 6. The number of hydrogen-bond donors (Lipinski definition) is 2. The van der Waals surface area contributed by atoms with E-state index in [1.807, 2.05) is 0 Å². The molecule has 1 aromatic rings. The second-order valence-corrected chi connectivity index (χ2v) is 4.36. The Labute approximate surface area is 111 Å². The summed E-state index contributed by atoms with van der Waals surface area (Å²) < 4.78 is 65.2. The summed E-state index contributed by atoms with van der Waals surface area (Å²) in [7, 11) is 0. The standard InChI is InChI=1S/C12H12F5NO2/c1-5(2-3-6(19)20)4-18-12-10(16)8(14)7(13)9(15)11(12)17/h5,18H,2-4H2,1H3,(H,19,20). The molecule has 2 N–H and O–H groups in total. The third-order valence-corrected chi connectivity index (χ3v) is 2.69. The van der Waals surface area contributed by atoms with Gasteiger partial charge in [0.25, 0.3) is 0 Å². The van der Waals surface area contributed by atoms with Crippen molar-refractivity contribution in [1.82, 2.24) is 0 Å². The minimum Gasteiger partial charge on any atom is -0.481 e. The Kier molecular flexibility index (Phi) is 5.29. The molecule has 8 heteroatoms. The normalized spacial score (nSPS) is 12.3. The van der Waals surface area contributed by atoms with Crippen molar-refractivity contribution in [3.8, 4) is 0 Å². The van der Waals surface area contributed by atoms with Gasteiger partial charge >= 0.3 is 5.97 Å². The van der Waals surface area contributed by atoms with Gasteiger partial charge in [-0.1, -0.05) is 6.92 Å². The minimum absolute atomic E-state index is 0.119. The van der Waals surface area contributed by atoms with Crippen molar-refractivity contribution in [2.45, 2.75) is 19.8 Å². The number of carbonyl (C=O) groups is 1. The van der Waals surface area contributed by atoms with Crippen molar-refractivity contribution in [2.24, 2.45) is 5.92 Å². The van der Waals surface area contributed by atoms with E-state index < -0.39 is 40.7 Å². The topological polar surface area (TPSA) is 49.3 Å². The molecule has 0 bridgehead atoms. The average molecular weight is 297 g/mol. The zero-order valence-corrected chi connectivity index (χ0v) is 10.4. The summed E-state index contributed by atoms with van der Waals surface area (Å²) >= 11 is 0. The predicted octanol–water partition coefficient (Wildman–Crippen LogP) is 3.29. The summed E-state index contributed by atoms with van der Waals surface area (Å²) in [6.07, 6.45) is 0.0533. The fourth-order valence-electron chi connectivity index (χ4n) is 1.51. The lowest BCUT2D eigenvalue weighted by molar-refractivity contribution is -0.137. The fraction of sp³-hybridized carbons (Fsp3) is 0.417. The van der Waals surface area contributed by atoms with Gasteiger partial charge in [0.05, 0.1) is 0 Å². The molecule has 0 heterocycles. The Morgan fingerprint density at radius 2 is 1.50 bits per heavy atom. The van der Waals surface area contributed by atoms with E-state index in [1.165, 1.54) is 0 Å². The number of nitrogens with one attached hydrogen (secondary N) is 1. The molecule has 0 aliphatic rings. The van der Waals surface area contributed by atoms with Gasteiger partial charge in [-0.3, -0.25) is 4.79 Å². The maximum atomic E-state index is 13.3. The van der Waals surface area contributed by atoms with Crippen LogP contribution in [0, 0.1) is 35.0 Å². The molecule has 0 saturated heterocycles. The highest BCUT2D eigenvalue weighted by Crippen LogP contribution is 2.27. The molecule has 1 atom stereocenters. The van der Waals surface area contributed by atoms with Gasteiger partial charge in [-0.05, 0) is 12.3 Å². The largest absolute Gasteiger partial charge is 0.481 e. The van der Waals surface area contributed by atoms with Gasteiger partial charge in [-0.15, -0.1) is 0 Å². The van der Waals surface area contributed by atoms with Crippen molar-refractivity contribution >= 4 is 11.7 Å². The van der Waals surface area contributed by atoms with Gasteiger partial charge in [-0.2, -0.15) is 0 Å². The highest BCUT2D eigenvalue weighted by Gasteiger charge is 2.25. The fourth-order valence-corrected chi connectivity index (χ4v) is 1.51. The Bertz CT molecular complexity index is 492. The highest BCUT2D eigenvalue weighted by atomic mass is 19.2.